The van der Waals surface area contributed by atoms with E-state index in [0.29, 0.717) is 5.71 Å². The van der Waals surface area contributed by atoms with Crippen molar-refractivity contribution >= 4 is 5.71 Å². The first-order chi connectivity index (χ1) is 5.54. The van der Waals surface area contributed by atoms with Crippen molar-refractivity contribution in [2.75, 3.05) is 7.05 Å². The average molecular weight is 171 g/mol. The summed E-state index contributed by atoms with van der Waals surface area (Å²) < 4.78 is 0. The zero-order valence-electron chi connectivity index (χ0n) is 7.44. The van der Waals surface area contributed by atoms with E-state index in [4.69, 9.17) is 5.73 Å². The van der Waals surface area contributed by atoms with Gasteiger partial charge in [-0.25, -0.2) is 0 Å². The third-order valence-corrected chi connectivity index (χ3v) is 1.40. The second-order valence-electron chi connectivity index (χ2n) is 2.57. The summed E-state index contributed by atoms with van der Waals surface area (Å²) in [7, 11) is 1.52. The molecule has 0 amide bonds. The van der Waals surface area contributed by atoms with Crippen LogP contribution in [0.1, 0.15) is 13.8 Å². The Bertz CT molecular complexity index is 231. The lowest BCUT2D eigenvalue weighted by atomic mass is 10.1. The van der Waals surface area contributed by atoms with Crippen LogP contribution in [-0.2, 0) is 0 Å². The maximum atomic E-state index is 10.4. The molecule has 0 saturated heterocycles. The Morgan fingerprint density at radius 3 is 2.25 bits per heavy atom. The maximum Gasteiger partial charge on any atom is 0.305 e. The lowest BCUT2D eigenvalue weighted by Gasteiger charge is -2.04. The van der Waals surface area contributed by atoms with Gasteiger partial charge in [-0.05, 0) is 0 Å². The molecule has 0 bridgehead atoms. The minimum Gasteiger partial charge on any atom is -0.399 e. The van der Waals surface area contributed by atoms with Gasteiger partial charge >= 0.3 is 5.70 Å². The van der Waals surface area contributed by atoms with Crippen LogP contribution in [0.15, 0.2) is 16.9 Å². The van der Waals surface area contributed by atoms with Gasteiger partial charge in [0.05, 0.1) is 11.1 Å². The van der Waals surface area contributed by atoms with Gasteiger partial charge in [0.15, 0.2) is 0 Å². The van der Waals surface area contributed by atoms with Crippen LogP contribution in [0.4, 0.5) is 0 Å². The molecule has 68 valence electrons. The number of nitro groups is 1. The van der Waals surface area contributed by atoms with Gasteiger partial charge in [0.1, 0.15) is 5.71 Å². The van der Waals surface area contributed by atoms with Gasteiger partial charge in [-0.1, -0.05) is 13.8 Å². The molecule has 5 heteroatoms. The molecule has 0 spiro atoms. The van der Waals surface area contributed by atoms with Crippen LogP contribution in [0.2, 0.25) is 0 Å². The van der Waals surface area contributed by atoms with Crippen molar-refractivity contribution in [3.05, 3.63) is 22.0 Å². The van der Waals surface area contributed by atoms with Gasteiger partial charge in [0, 0.05) is 13.0 Å². The number of nitrogens with zero attached hydrogens (tertiary/aromatic N) is 2. The minimum atomic E-state index is -0.525. The van der Waals surface area contributed by atoms with E-state index in [1.807, 2.05) is 13.8 Å². The molecular formula is C7H13N3O2. The fourth-order valence-corrected chi connectivity index (χ4v) is 0.908. The van der Waals surface area contributed by atoms with E-state index in [-0.39, 0.29) is 11.6 Å². The summed E-state index contributed by atoms with van der Waals surface area (Å²) in [5, 5.41) is 10.4. The van der Waals surface area contributed by atoms with Gasteiger partial charge in [-0.3, -0.25) is 15.1 Å². The lowest BCUT2D eigenvalue weighted by molar-refractivity contribution is -0.415. The van der Waals surface area contributed by atoms with Crippen LogP contribution in [0, 0.1) is 16.0 Å². The van der Waals surface area contributed by atoms with Crippen LogP contribution in [0.25, 0.3) is 0 Å². The number of allylic oxidation sites excluding steroid dienone is 1. The number of hydrogen-bond donors (Lipinski definition) is 1. The van der Waals surface area contributed by atoms with Crippen molar-refractivity contribution < 1.29 is 4.92 Å². The van der Waals surface area contributed by atoms with Crippen LogP contribution in [0.3, 0.4) is 0 Å². The van der Waals surface area contributed by atoms with E-state index in [1.54, 1.807) is 0 Å². The fourth-order valence-electron chi connectivity index (χ4n) is 0.908. The summed E-state index contributed by atoms with van der Waals surface area (Å²) in [4.78, 5) is 13.7. The fraction of sp³-hybridized carbons (Fsp3) is 0.571. The van der Waals surface area contributed by atoms with Gasteiger partial charge in [-0.15, -0.1) is 0 Å². The molecule has 0 aliphatic carbocycles. The Labute approximate surface area is 71.1 Å². The zero-order chi connectivity index (χ0) is 9.72. The summed E-state index contributed by atoms with van der Waals surface area (Å²) in [6.45, 7) is 3.66. The molecule has 0 unspecified atom stereocenters. The molecule has 0 heterocycles. The smallest absolute Gasteiger partial charge is 0.305 e. The topological polar surface area (TPSA) is 81.5 Å². The second-order valence-corrected chi connectivity index (χ2v) is 2.57. The highest BCUT2D eigenvalue weighted by Gasteiger charge is 2.20. The predicted molar refractivity (Wildman–Crippen MR) is 47.5 cm³/mol. The summed E-state index contributed by atoms with van der Waals surface area (Å²) in [6, 6.07) is 0. The Morgan fingerprint density at radius 2 is 2.17 bits per heavy atom. The van der Waals surface area contributed by atoms with E-state index in [0.717, 1.165) is 6.20 Å². The molecule has 2 N–H and O–H groups in total. The third kappa shape index (κ3) is 2.34. The highest BCUT2D eigenvalue weighted by atomic mass is 16.6. The molecule has 0 fully saturated rings. The third-order valence-electron chi connectivity index (χ3n) is 1.40. The van der Waals surface area contributed by atoms with Gasteiger partial charge in [0.2, 0.25) is 0 Å². The van der Waals surface area contributed by atoms with Gasteiger partial charge in [-0.2, -0.15) is 0 Å². The summed E-state index contributed by atoms with van der Waals surface area (Å²) in [5.41, 5.74) is 5.40. The van der Waals surface area contributed by atoms with E-state index in [1.165, 1.54) is 7.05 Å². The number of aliphatic imine (C=N–C) groups is 1. The molecule has 0 aromatic carbocycles. The van der Waals surface area contributed by atoms with E-state index in [9.17, 15) is 10.1 Å². The van der Waals surface area contributed by atoms with Crippen molar-refractivity contribution in [2.24, 2.45) is 16.6 Å². The summed E-state index contributed by atoms with van der Waals surface area (Å²) >= 11 is 0. The van der Waals surface area contributed by atoms with Gasteiger partial charge < -0.3 is 5.73 Å². The van der Waals surface area contributed by atoms with Crippen LogP contribution < -0.4 is 5.73 Å². The Hall–Kier alpha value is -1.39. The Morgan fingerprint density at radius 1 is 1.67 bits per heavy atom. The first kappa shape index (κ1) is 10.6. The first-order valence-electron chi connectivity index (χ1n) is 3.57. The second kappa shape index (κ2) is 4.48. The molecule has 0 radical (unpaired) electrons. The Balaban J connectivity index is 4.85. The molecule has 0 atom stereocenters. The van der Waals surface area contributed by atoms with Crippen molar-refractivity contribution in [1.29, 1.82) is 0 Å². The van der Waals surface area contributed by atoms with Crippen LogP contribution >= 0.6 is 0 Å². The summed E-state index contributed by atoms with van der Waals surface area (Å²) in [5.74, 6) is 0.00944. The minimum absolute atomic E-state index is 0.00944. The Kier molecular flexibility index (Phi) is 3.96. The standard InChI is InChI=1S/C7H13N3O2/c1-5(2)7(9-3)6(4-8)10(11)12/h4-5H,8H2,1-3H3. The molecule has 0 aromatic heterocycles. The molecular weight excluding hydrogens is 158 g/mol. The highest BCUT2D eigenvalue weighted by Crippen LogP contribution is 2.07. The lowest BCUT2D eigenvalue weighted by Crippen LogP contribution is -2.18. The molecule has 5 nitrogen and oxygen atoms in total. The molecule has 12 heavy (non-hydrogen) atoms. The number of nitrogens with two attached hydrogens (primary N) is 1. The van der Waals surface area contributed by atoms with E-state index >= 15 is 0 Å². The van der Waals surface area contributed by atoms with Crippen molar-refractivity contribution in [3.63, 3.8) is 0 Å². The number of rotatable bonds is 3. The average Bonchev–Trinajstić information content (AvgIpc) is 1.98. The first-order valence-corrected chi connectivity index (χ1v) is 3.57. The highest BCUT2D eigenvalue weighted by molar-refractivity contribution is 5.99. The largest absolute Gasteiger partial charge is 0.399 e. The number of hydrogen-bond acceptors (Lipinski definition) is 4. The molecule has 0 rings (SSSR count). The van der Waals surface area contributed by atoms with Crippen LogP contribution in [-0.4, -0.2) is 17.7 Å². The van der Waals surface area contributed by atoms with Gasteiger partial charge in [0.25, 0.3) is 0 Å². The van der Waals surface area contributed by atoms with Crippen molar-refractivity contribution in [3.8, 4) is 0 Å². The van der Waals surface area contributed by atoms with Crippen molar-refractivity contribution in [2.45, 2.75) is 13.8 Å². The van der Waals surface area contributed by atoms with Crippen LogP contribution in [0.5, 0.6) is 0 Å². The zero-order valence-corrected chi connectivity index (χ0v) is 7.44. The quantitative estimate of drug-likeness (QED) is 0.387. The molecule has 0 aromatic rings. The SMILES string of the molecule is CN=C(C(=CN)[N+](=O)[O-])C(C)C. The van der Waals surface area contributed by atoms with E-state index in [2.05, 4.69) is 4.99 Å². The monoisotopic (exact) mass is 171 g/mol. The predicted octanol–water partition coefficient (Wildman–Crippen LogP) is 0.790. The molecule has 0 saturated carbocycles. The normalized spacial score (nSPS) is 13.7. The maximum absolute atomic E-state index is 10.4. The van der Waals surface area contributed by atoms with Crippen molar-refractivity contribution in [1.82, 2.24) is 0 Å². The van der Waals surface area contributed by atoms with E-state index < -0.39 is 4.92 Å². The molecule has 0 aliphatic rings. The summed E-state index contributed by atoms with van der Waals surface area (Å²) in [6.07, 6.45) is 0.975. The molecule has 0 aliphatic heterocycles.